The van der Waals surface area contributed by atoms with Crippen LogP contribution in [0.2, 0.25) is 0 Å². The molecule has 1 heterocycles. The highest BCUT2D eigenvalue weighted by atomic mass is 16.2. The van der Waals surface area contributed by atoms with Crippen LogP contribution in [0.3, 0.4) is 0 Å². The maximum atomic E-state index is 14.5. The van der Waals surface area contributed by atoms with Crippen molar-refractivity contribution in [2.24, 2.45) is 86.4 Å². The van der Waals surface area contributed by atoms with E-state index in [0.717, 1.165) is 16.5 Å². The molecule has 0 saturated carbocycles. The number of primary amides is 1. The number of benzene rings is 1. The number of nitrogens with zero attached hydrogens (tertiary/aromatic N) is 1. The molecule has 1 aromatic heterocycles. The Morgan fingerprint density at radius 2 is 0.708 bits per heavy atom. The summed E-state index contributed by atoms with van der Waals surface area (Å²) >= 11 is 0. The lowest BCUT2D eigenvalue weighted by Gasteiger charge is -2.30. The second kappa shape index (κ2) is 57.2. The fraction of sp³-hybridized carbons (Fsp3) is 0.704. The first-order valence-corrected chi connectivity index (χ1v) is 42.3. The van der Waals surface area contributed by atoms with Gasteiger partial charge in [-0.15, -0.1) is 0 Å². The summed E-state index contributed by atoms with van der Waals surface area (Å²) in [5.41, 5.74) is 47.3. The van der Waals surface area contributed by atoms with Gasteiger partial charge in [0.05, 0.1) is 19.6 Å². The van der Waals surface area contributed by atoms with Gasteiger partial charge in [0, 0.05) is 30.1 Å². The van der Waals surface area contributed by atoms with Crippen LogP contribution >= 0.6 is 0 Å². The average Bonchev–Trinajstić information content (AvgIpc) is 1.65. The SMILES string of the molecule is CC[C@H](C)[C@H](NC(=O)[C@H](CCCCN)NC(=O)[C@H](CCCCN)NC(=O)CNC(=O)[C@H](CC(C)C)NC(=O)[C@H](CCCCN)NC(=O)[C@H](Cc1c[nH]c2ccccc12)NC(=O)CN)C(=O)NCC(=O)N[C@@H](CCCN=C(N)N)C(=O)N[C@H](C(=O)N[C@@H](CC(C)C)C(=O)N[C@@H](CCCCN)C(=O)N[C@H](C(=O)N[C@@H](CC(C)C)C(N)=O)C(C)C)C(C)C. The molecule has 31 N–H and O–H groups in total. The molecule has 2 aromatic rings. The molecule has 0 aliphatic heterocycles. The highest BCUT2D eigenvalue weighted by Crippen LogP contribution is 2.21. The number of H-pyrrole nitrogens is 1. The molecule has 0 aliphatic carbocycles. The van der Waals surface area contributed by atoms with E-state index in [1.54, 1.807) is 47.7 Å². The van der Waals surface area contributed by atoms with Crippen LogP contribution < -0.4 is 120 Å². The first kappa shape index (κ1) is 106. The van der Waals surface area contributed by atoms with Crippen molar-refractivity contribution < 1.29 is 71.9 Å². The van der Waals surface area contributed by atoms with E-state index in [4.69, 9.17) is 45.9 Å². The zero-order valence-corrected chi connectivity index (χ0v) is 72.6. The molecule has 13 atom stereocenters. The first-order valence-electron chi connectivity index (χ1n) is 42.3. The maximum Gasteiger partial charge on any atom is 0.243 e. The lowest BCUT2D eigenvalue weighted by Crippen LogP contribution is -2.61. The topological polar surface area (TPSA) is 661 Å². The Hall–Kier alpha value is -10.1. The summed E-state index contributed by atoms with van der Waals surface area (Å²) in [6.45, 7) is 20.3. The van der Waals surface area contributed by atoms with Crippen LogP contribution in [0.25, 0.3) is 10.9 Å². The largest absolute Gasteiger partial charge is 0.370 e. The van der Waals surface area contributed by atoms with Crippen molar-refractivity contribution in [1.29, 1.82) is 0 Å². The molecule has 0 bridgehead atoms. The van der Waals surface area contributed by atoms with Crippen molar-refractivity contribution >= 4 is 105 Å². The lowest BCUT2D eigenvalue weighted by molar-refractivity contribution is -0.136. The fourth-order valence-corrected chi connectivity index (χ4v) is 13.1. The second-order valence-corrected chi connectivity index (χ2v) is 32.6. The van der Waals surface area contributed by atoms with Crippen LogP contribution in [0.5, 0.6) is 0 Å². The molecular formula is C81H144N24O15. The molecule has 120 heavy (non-hydrogen) atoms. The fourth-order valence-electron chi connectivity index (χ4n) is 13.1. The second-order valence-electron chi connectivity index (χ2n) is 32.6. The minimum Gasteiger partial charge on any atom is -0.370 e. The Morgan fingerprint density at radius 1 is 0.367 bits per heavy atom. The number of rotatable bonds is 61. The number of aromatic amines is 1. The molecule has 1 aromatic carbocycles. The number of nitrogens with two attached hydrogens (primary N) is 8. The smallest absolute Gasteiger partial charge is 0.243 e. The minimum atomic E-state index is -1.39. The van der Waals surface area contributed by atoms with E-state index in [2.05, 4.69) is 84.4 Å². The van der Waals surface area contributed by atoms with Gasteiger partial charge in [0.1, 0.15) is 72.5 Å². The van der Waals surface area contributed by atoms with Crippen LogP contribution in [-0.2, 0) is 78.3 Å². The summed E-state index contributed by atoms with van der Waals surface area (Å²) in [5, 5.41) is 38.5. The number of hydrogen-bond donors (Lipinski definition) is 23. The number of carbonyl (C=O) groups excluding carboxylic acids is 15. The molecule has 0 saturated heterocycles. The van der Waals surface area contributed by atoms with Gasteiger partial charge in [-0.05, 0) is 182 Å². The summed E-state index contributed by atoms with van der Waals surface area (Å²) in [4.78, 5) is 217. The maximum absolute atomic E-state index is 14.5. The monoisotopic (exact) mass is 1690 g/mol. The number of fused-ring (bicyclic) bond motifs is 1. The van der Waals surface area contributed by atoms with Crippen molar-refractivity contribution in [3.63, 3.8) is 0 Å². The third-order valence-corrected chi connectivity index (χ3v) is 20.1. The van der Waals surface area contributed by atoms with E-state index in [1.165, 1.54) is 0 Å². The van der Waals surface area contributed by atoms with Crippen molar-refractivity contribution in [2.45, 2.75) is 278 Å². The van der Waals surface area contributed by atoms with Gasteiger partial charge in [0.15, 0.2) is 5.96 Å². The summed E-state index contributed by atoms with van der Waals surface area (Å²) in [5.74, 6) is -13.7. The summed E-state index contributed by atoms with van der Waals surface area (Å²) in [7, 11) is 0. The molecule has 2 rings (SSSR count). The number of hydrogen-bond acceptors (Lipinski definition) is 21. The standard InChI is InChI=1S/C81H144N24O15/c1-13-50(12)68(78(118)93-44-65(108)95-55(31-24-36-90-81(88)89)73(113)103-67(49(10)11)80(120)102-61(39-47(6)7)76(116)99-57(29-18-22-34-84)74(114)104-66(48(8)9)79(119)100-59(69(87)109)37-45(2)3)105-75(115)58(30-19-23-35-85)97-71(111)54(27-16-20-32-82)94-64(107)43-92-70(110)60(38-46(4)5)101-72(112)56(28-17-21-33-83)98-77(117)62(96-63(106)41-86)40-51-42-91-53-26-15-14-25-52(51)53/h14-15,25-26,42,45-50,54-62,66-68,91H,13,16-24,27-41,43-44,82-86H2,1-12H3,(H2,87,109)(H,92,110)(H,93,118)(H,94,107)(H,95,108)(H,96,106)(H,97,111)(H,98,117)(H,99,116)(H,100,119)(H,101,112)(H,102,120)(H,103,113)(H,104,114)(H,105,115)(H4,88,89,90)/t50-,54-,55-,56-,57-,58-,59-,60-,61-,62-,66-,67-,68-/m0/s1. The van der Waals surface area contributed by atoms with Gasteiger partial charge < -0.3 is 125 Å². The molecular weight excluding hydrogens is 1550 g/mol. The van der Waals surface area contributed by atoms with Crippen LogP contribution in [-0.4, -0.2) is 224 Å². The van der Waals surface area contributed by atoms with E-state index < -0.39 is 198 Å². The molecule has 39 heteroatoms. The Morgan fingerprint density at radius 3 is 1.11 bits per heavy atom. The number of amides is 15. The van der Waals surface area contributed by atoms with Gasteiger partial charge in [-0.1, -0.05) is 108 Å². The third kappa shape index (κ3) is 40.3. The molecule has 0 fully saturated rings. The van der Waals surface area contributed by atoms with Crippen molar-refractivity contribution in [1.82, 2.24) is 79.4 Å². The number of nitrogens with one attached hydrogen (secondary N) is 15. The molecule has 0 radical (unpaired) electrons. The van der Waals surface area contributed by atoms with Gasteiger partial charge in [-0.25, -0.2) is 0 Å². The predicted octanol–water partition coefficient (Wildman–Crippen LogP) is -2.73. The number of aromatic nitrogens is 1. The first-order chi connectivity index (χ1) is 56.7. The highest BCUT2D eigenvalue weighted by molar-refractivity contribution is 6.00. The lowest BCUT2D eigenvalue weighted by atomic mass is 9.97. The van der Waals surface area contributed by atoms with Gasteiger partial charge in [-0.2, -0.15) is 0 Å². The number of carbonyl (C=O) groups is 15. The van der Waals surface area contributed by atoms with E-state index in [9.17, 15) is 71.9 Å². The van der Waals surface area contributed by atoms with E-state index in [-0.39, 0.29) is 121 Å². The quantitative estimate of drug-likeness (QED) is 0.0182. The normalized spacial score (nSPS) is 14.7. The molecule has 0 spiro atoms. The Labute approximate surface area is 706 Å². The van der Waals surface area contributed by atoms with Crippen LogP contribution in [0.15, 0.2) is 35.5 Å². The summed E-state index contributed by atoms with van der Waals surface area (Å²) in [6.07, 6.45) is 6.06. The molecule has 39 nitrogen and oxygen atoms in total. The number of aliphatic imine (C=N–C) groups is 1. The number of unbranched alkanes of at least 4 members (excludes halogenated alkanes) is 4. The Balaban J connectivity index is 2.39. The molecule has 15 amide bonds. The highest BCUT2D eigenvalue weighted by Gasteiger charge is 2.38. The van der Waals surface area contributed by atoms with Crippen LogP contribution in [0.4, 0.5) is 0 Å². The van der Waals surface area contributed by atoms with E-state index in [0.29, 0.717) is 57.8 Å². The zero-order chi connectivity index (χ0) is 90.3. The Bertz CT molecular complexity index is 3630. The average molecular weight is 1690 g/mol. The Kier molecular flexibility index (Phi) is 50.5. The summed E-state index contributed by atoms with van der Waals surface area (Å²) < 4.78 is 0. The molecule has 0 unspecified atom stereocenters. The third-order valence-electron chi connectivity index (χ3n) is 20.1. The predicted molar refractivity (Wildman–Crippen MR) is 458 cm³/mol. The van der Waals surface area contributed by atoms with Crippen LogP contribution in [0, 0.1) is 35.5 Å². The van der Waals surface area contributed by atoms with Crippen molar-refractivity contribution in [3.05, 3.63) is 36.0 Å². The molecule has 678 valence electrons. The number of guanidine groups is 1. The molecule has 0 aliphatic rings. The minimum absolute atomic E-state index is 0.00367. The zero-order valence-electron chi connectivity index (χ0n) is 72.6. The van der Waals surface area contributed by atoms with Gasteiger partial charge >= 0.3 is 0 Å². The van der Waals surface area contributed by atoms with Gasteiger partial charge in [-0.3, -0.25) is 76.9 Å². The van der Waals surface area contributed by atoms with E-state index in [1.807, 2.05) is 65.8 Å². The van der Waals surface area contributed by atoms with Crippen molar-refractivity contribution in [3.8, 4) is 0 Å². The summed E-state index contributed by atoms with van der Waals surface area (Å²) in [6, 6.07) is -7.49. The van der Waals surface area contributed by atoms with Gasteiger partial charge in [0.25, 0.3) is 0 Å². The number of para-hydroxylation sites is 1. The van der Waals surface area contributed by atoms with E-state index >= 15 is 0 Å². The van der Waals surface area contributed by atoms with Gasteiger partial charge in [0.2, 0.25) is 88.6 Å². The van der Waals surface area contributed by atoms with Crippen molar-refractivity contribution in [2.75, 3.05) is 52.4 Å². The van der Waals surface area contributed by atoms with Crippen LogP contribution in [0.1, 0.15) is 204 Å².